The number of rotatable bonds is 5. The first-order valence-electron chi connectivity index (χ1n) is 8.71. The molecule has 1 aliphatic heterocycles. The number of carbonyl (C=O) groups excluding carboxylic acids is 1. The average Bonchev–Trinajstić information content (AvgIpc) is 2.98. The van der Waals surface area contributed by atoms with Crippen LogP contribution in [-0.2, 0) is 31.4 Å². The molecule has 0 saturated heterocycles. The van der Waals surface area contributed by atoms with Crippen molar-refractivity contribution in [3.05, 3.63) is 41.2 Å². The molecule has 2 aromatic heterocycles. The Labute approximate surface area is 148 Å². The minimum absolute atomic E-state index is 0.116. The third kappa shape index (κ3) is 4.22. The van der Waals surface area contributed by atoms with Crippen LogP contribution < -0.4 is 0 Å². The van der Waals surface area contributed by atoms with Gasteiger partial charge in [0.2, 0.25) is 5.91 Å². The van der Waals surface area contributed by atoms with Gasteiger partial charge in [-0.2, -0.15) is 5.10 Å². The standard InChI is InChI=1S/C18H26N6O/c1-13(2)18-19-8-15-5-6-24(11-16(15)21-18)12-17(25)22(3)9-14-7-20-23(4)10-14/h7-8,10,13H,5-6,9,11-12H2,1-4H3. The molecular formula is C18H26N6O. The molecule has 0 aliphatic carbocycles. The van der Waals surface area contributed by atoms with Gasteiger partial charge < -0.3 is 4.90 Å². The van der Waals surface area contributed by atoms with E-state index in [0.717, 1.165) is 30.0 Å². The molecule has 0 fully saturated rings. The normalized spacial score (nSPS) is 14.6. The van der Waals surface area contributed by atoms with Crippen LogP contribution in [-0.4, -0.2) is 55.6 Å². The van der Waals surface area contributed by atoms with Crippen molar-refractivity contribution in [3.63, 3.8) is 0 Å². The number of fused-ring (bicyclic) bond motifs is 1. The number of hydrogen-bond acceptors (Lipinski definition) is 5. The van der Waals surface area contributed by atoms with E-state index in [1.54, 1.807) is 15.8 Å². The van der Waals surface area contributed by atoms with E-state index in [9.17, 15) is 4.79 Å². The molecule has 3 rings (SSSR count). The molecule has 1 aliphatic rings. The Bertz CT molecular complexity index is 754. The summed E-state index contributed by atoms with van der Waals surface area (Å²) in [6.07, 6.45) is 6.58. The van der Waals surface area contributed by atoms with Crippen molar-refractivity contribution < 1.29 is 4.79 Å². The zero-order valence-corrected chi connectivity index (χ0v) is 15.4. The van der Waals surface area contributed by atoms with Crippen LogP contribution in [0, 0.1) is 0 Å². The van der Waals surface area contributed by atoms with Gasteiger partial charge >= 0.3 is 0 Å². The summed E-state index contributed by atoms with van der Waals surface area (Å²) in [6.45, 7) is 6.76. The molecule has 7 heteroatoms. The minimum Gasteiger partial charge on any atom is -0.340 e. The van der Waals surface area contributed by atoms with Gasteiger partial charge in [-0.3, -0.25) is 14.4 Å². The zero-order valence-electron chi connectivity index (χ0n) is 15.4. The Kier molecular flexibility index (Phi) is 5.13. The predicted octanol–water partition coefficient (Wildman–Crippen LogP) is 1.35. The van der Waals surface area contributed by atoms with Gasteiger partial charge in [0.05, 0.1) is 18.4 Å². The molecule has 25 heavy (non-hydrogen) atoms. The molecular weight excluding hydrogens is 316 g/mol. The summed E-state index contributed by atoms with van der Waals surface area (Å²) in [4.78, 5) is 25.6. The number of carbonyl (C=O) groups is 1. The van der Waals surface area contributed by atoms with Gasteiger partial charge in [0, 0.05) is 57.6 Å². The summed E-state index contributed by atoms with van der Waals surface area (Å²) in [5.74, 6) is 1.30. The van der Waals surface area contributed by atoms with Gasteiger partial charge in [0.25, 0.3) is 0 Å². The number of hydrogen-bond donors (Lipinski definition) is 0. The molecule has 0 saturated carbocycles. The van der Waals surface area contributed by atoms with E-state index in [0.29, 0.717) is 25.6 Å². The molecule has 0 spiro atoms. The summed E-state index contributed by atoms with van der Waals surface area (Å²) < 4.78 is 1.75. The van der Waals surface area contributed by atoms with Crippen LogP contribution in [0.2, 0.25) is 0 Å². The largest absolute Gasteiger partial charge is 0.340 e. The fourth-order valence-electron chi connectivity index (χ4n) is 3.01. The molecule has 0 bridgehead atoms. The van der Waals surface area contributed by atoms with Crippen molar-refractivity contribution >= 4 is 5.91 Å². The van der Waals surface area contributed by atoms with Crippen LogP contribution >= 0.6 is 0 Å². The van der Waals surface area contributed by atoms with Crippen LogP contribution in [0.25, 0.3) is 0 Å². The highest BCUT2D eigenvalue weighted by molar-refractivity contribution is 5.78. The average molecular weight is 342 g/mol. The Morgan fingerprint density at radius 3 is 2.84 bits per heavy atom. The SMILES string of the molecule is CC(C)c1ncc2c(n1)CN(CC(=O)N(C)Cc1cnn(C)c1)CC2. The van der Waals surface area contributed by atoms with Gasteiger partial charge in [0.1, 0.15) is 5.82 Å². The van der Waals surface area contributed by atoms with E-state index in [-0.39, 0.29) is 5.91 Å². The highest BCUT2D eigenvalue weighted by Gasteiger charge is 2.22. The second kappa shape index (κ2) is 7.31. The van der Waals surface area contributed by atoms with E-state index in [2.05, 4.69) is 28.8 Å². The number of nitrogens with zero attached hydrogens (tertiary/aromatic N) is 6. The van der Waals surface area contributed by atoms with Crippen molar-refractivity contribution in [3.8, 4) is 0 Å². The van der Waals surface area contributed by atoms with Gasteiger partial charge in [-0.25, -0.2) is 9.97 Å². The fraction of sp³-hybridized carbons (Fsp3) is 0.556. The number of aromatic nitrogens is 4. The smallest absolute Gasteiger partial charge is 0.236 e. The lowest BCUT2D eigenvalue weighted by molar-refractivity contribution is -0.131. The van der Waals surface area contributed by atoms with E-state index in [1.807, 2.05) is 26.5 Å². The Hall–Kier alpha value is -2.28. The number of likely N-dealkylation sites (N-methyl/N-ethyl adjacent to an activating group) is 1. The van der Waals surface area contributed by atoms with E-state index < -0.39 is 0 Å². The van der Waals surface area contributed by atoms with Crippen LogP contribution in [0.1, 0.15) is 42.4 Å². The lowest BCUT2D eigenvalue weighted by atomic mass is 10.1. The maximum absolute atomic E-state index is 12.5. The van der Waals surface area contributed by atoms with Gasteiger partial charge in [-0.15, -0.1) is 0 Å². The monoisotopic (exact) mass is 342 g/mol. The van der Waals surface area contributed by atoms with Crippen molar-refractivity contribution in [2.75, 3.05) is 20.1 Å². The number of amides is 1. The minimum atomic E-state index is 0.116. The quantitative estimate of drug-likeness (QED) is 0.820. The van der Waals surface area contributed by atoms with Crippen LogP contribution in [0.5, 0.6) is 0 Å². The summed E-state index contributed by atoms with van der Waals surface area (Å²) in [6, 6.07) is 0. The molecule has 0 radical (unpaired) electrons. The Balaban J connectivity index is 1.60. The molecule has 134 valence electrons. The van der Waals surface area contributed by atoms with E-state index >= 15 is 0 Å². The predicted molar refractivity (Wildman–Crippen MR) is 94.8 cm³/mol. The van der Waals surface area contributed by atoms with E-state index in [1.165, 1.54) is 5.56 Å². The maximum Gasteiger partial charge on any atom is 0.236 e. The highest BCUT2D eigenvalue weighted by Crippen LogP contribution is 2.19. The molecule has 1 amide bonds. The number of aryl methyl sites for hydroxylation is 1. The molecule has 7 nitrogen and oxygen atoms in total. The second-order valence-electron chi connectivity index (χ2n) is 7.09. The first-order valence-corrected chi connectivity index (χ1v) is 8.71. The lowest BCUT2D eigenvalue weighted by Gasteiger charge is -2.29. The summed E-state index contributed by atoms with van der Waals surface area (Å²) in [7, 11) is 3.72. The van der Waals surface area contributed by atoms with E-state index in [4.69, 9.17) is 4.98 Å². The van der Waals surface area contributed by atoms with Crippen molar-refractivity contribution in [1.82, 2.24) is 29.5 Å². The van der Waals surface area contributed by atoms with Gasteiger partial charge in [-0.1, -0.05) is 13.8 Å². The summed E-state index contributed by atoms with van der Waals surface area (Å²) in [5.41, 5.74) is 3.31. The van der Waals surface area contributed by atoms with Crippen LogP contribution in [0.15, 0.2) is 18.6 Å². The zero-order chi connectivity index (χ0) is 18.0. The van der Waals surface area contributed by atoms with Crippen LogP contribution in [0.3, 0.4) is 0 Å². The van der Waals surface area contributed by atoms with Gasteiger partial charge in [0.15, 0.2) is 0 Å². The first kappa shape index (κ1) is 17.5. The van der Waals surface area contributed by atoms with Crippen molar-refractivity contribution in [2.45, 2.75) is 39.3 Å². The van der Waals surface area contributed by atoms with Gasteiger partial charge in [-0.05, 0) is 12.0 Å². The molecule has 0 atom stereocenters. The fourth-order valence-corrected chi connectivity index (χ4v) is 3.01. The topological polar surface area (TPSA) is 67.2 Å². The molecule has 0 unspecified atom stereocenters. The summed E-state index contributed by atoms with van der Waals surface area (Å²) in [5, 5.41) is 4.15. The second-order valence-corrected chi connectivity index (χ2v) is 7.09. The highest BCUT2D eigenvalue weighted by atomic mass is 16.2. The molecule has 0 N–H and O–H groups in total. The Morgan fingerprint density at radius 2 is 2.16 bits per heavy atom. The molecule has 0 aromatic carbocycles. The van der Waals surface area contributed by atoms with Crippen molar-refractivity contribution in [2.24, 2.45) is 7.05 Å². The molecule has 2 aromatic rings. The van der Waals surface area contributed by atoms with Crippen molar-refractivity contribution in [1.29, 1.82) is 0 Å². The lowest BCUT2D eigenvalue weighted by Crippen LogP contribution is -2.40. The van der Waals surface area contributed by atoms with Crippen LogP contribution in [0.4, 0.5) is 0 Å². The third-order valence-electron chi connectivity index (χ3n) is 4.52. The third-order valence-corrected chi connectivity index (χ3v) is 4.52. The summed E-state index contributed by atoms with van der Waals surface area (Å²) >= 11 is 0. The maximum atomic E-state index is 12.5. The first-order chi connectivity index (χ1) is 11.9. The molecule has 3 heterocycles. The Morgan fingerprint density at radius 1 is 1.36 bits per heavy atom.